The summed E-state index contributed by atoms with van der Waals surface area (Å²) in [6.07, 6.45) is 0. The Bertz CT molecular complexity index is 814. The van der Waals surface area contributed by atoms with Crippen LogP contribution in [-0.4, -0.2) is 5.91 Å². The van der Waals surface area contributed by atoms with Gasteiger partial charge in [0.05, 0.1) is 10.6 Å². The SMILES string of the molecule is O=C(Nc1ccccc1Br)c1ccc(-c2ccc(F)cc2)s1. The highest BCUT2D eigenvalue weighted by Gasteiger charge is 2.11. The number of carbonyl (C=O) groups excluding carboxylic acids is 1. The fourth-order valence-electron chi connectivity index (χ4n) is 1.98. The maximum Gasteiger partial charge on any atom is 0.265 e. The van der Waals surface area contributed by atoms with Crippen molar-refractivity contribution in [1.82, 2.24) is 0 Å². The van der Waals surface area contributed by atoms with Gasteiger partial charge in [-0.3, -0.25) is 4.79 Å². The lowest BCUT2D eigenvalue weighted by Gasteiger charge is -2.05. The molecule has 0 unspecified atom stereocenters. The summed E-state index contributed by atoms with van der Waals surface area (Å²) < 4.78 is 13.8. The zero-order valence-electron chi connectivity index (χ0n) is 11.3. The van der Waals surface area contributed by atoms with Crippen molar-refractivity contribution in [3.05, 3.63) is 75.8 Å². The van der Waals surface area contributed by atoms with Crippen LogP contribution in [0.2, 0.25) is 0 Å². The monoisotopic (exact) mass is 375 g/mol. The van der Waals surface area contributed by atoms with Gasteiger partial charge in [-0.15, -0.1) is 11.3 Å². The number of benzene rings is 2. The number of anilines is 1. The highest BCUT2D eigenvalue weighted by molar-refractivity contribution is 9.10. The zero-order valence-corrected chi connectivity index (χ0v) is 13.7. The molecule has 0 atom stereocenters. The second-order valence-corrected chi connectivity index (χ2v) is 6.54. The Hall–Kier alpha value is -1.98. The van der Waals surface area contributed by atoms with E-state index in [2.05, 4.69) is 21.2 Å². The summed E-state index contributed by atoms with van der Waals surface area (Å²) in [6, 6.07) is 17.3. The molecule has 1 amide bonds. The first kappa shape index (κ1) is 14.9. The number of halogens is 2. The number of rotatable bonds is 3. The second-order valence-electron chi connectivity index (χ2n) is 4.60. The lowest BCUT2D eigenvalue weighted by Crippen LogP contribution is -2.10. The molecule has 0 saturated carbocycles. The molecule has 0 radical (unpaired) electrons. The average molecular weight is 376 g/mol. The standard InChI is InChI=1S/C17H11BrFNOS/c18-13-3-1-2-4-14(13)20-17(21)16-10-9-15(22-16)11-5-7-12(19)8-6-11/h1-10H,(H,20,21). The minimum atomic E-state index is -0.271. The number of hydrogen-bond donors (Lipinski definition) is 1. The summed E-state index contributed by atoms with van der Waals surface area (Å²) in [4.78, 5) is 13.8. The number of hydrogen-bond acceptors (Lipinski definition) is 2. The molecular formula is C17H11BrFNOS. The first-order chi connectivity index (χ1) is 10.6. The Labute approximate surface area is 139 Å². The van der Waals surface area contributed by atoms with Crippen molar-refractivity contribution in [1.29, 1.82) is 0 Å². The van der Waals surface area contributed by atoms with Gasteiger partial charge in [0.15, 0.2) is 0 Å². The molecular weight excluding hydrogens is 365 g/mol. The Balaban J connectivity index is 1.80. The van der Waals surface area contributed by atoms with Crippen LogP contribution in [0, 0.1) is 5.82 Å². The molecule has 2 aromatic carbocycles. The van der Waals surface area contributed by atoms with E-state index in [9.17, 15) is 9.18 Å². The molecule has 1 aromatic heterocycles. The molecule has 0 saturated heterocycles. The van der Waals surface area contributed by atoms with Crippen LogP contribution in [0.15, 0.2) is 65.1 Å². The molecule has 0 aliphatic carbocycles. The highest BCUT2D eigenvalue weighted by atomic mass is 79.9. The van der Waals surface area contributed by atoms with E-state index >= 15 is 0 Å². The summed E-state index contributed by atoms with van der Waals surface area (Å²) in [5, 5.41) is 2.87. The van der Waals surface area contributed by atoms with Gasteiger partial charge in [-0.2, -0.15) is 0 Å². The number of amides is 1. The molecule has 1 heterocycles. The molecule has 3 aromatic rings. The van der Waals surface area contributed by atoms with Crippen LogP contribution in [0.4, 0.5) is 10.1 Å². The summed E-state index contributed by atoms with van der Waals surface area (Å²) in [5.41, 5.74) is 1.62. The van der Waals surface area contributed by atoms with Crippen LogP contribution in [-0.2, 0) is 0 Å². The zero-order chi connectivity index (χ0) is 15.5. The van der Waals surface area contributed by atoms with E-state index < -0.39 is 0 Å². The van der Waals surface area contributed by atoms with Crippen molar-refractivity contribution in [3.8, 4) is 10.4 Å². The summed E-state index contributed by atoms with van der Waals surface area (Å²) >= 11 is 4.77. The third-order valence-electron chi connectivity index (χ3n) is 3.08. The van der Waals surface area contributed by atoms with Crippen LogP contribution in [0.3, 0.4) is 0 Å². The maximum absolute atomic E-state index is 13.0. The van der Waals surface area contributed by atoms with Gasteiger partial charge in [0.1, 0.15) is 5.82 Å². The fraction of sp³-hybridized carbons (Fsp3) is 0. The van der Waals surface area contributed by atoms with Gasteiger partial charge in [0.2, 0.25) is 0 Å². The minimum absolute atomic E-state index is 0.162. The maximum atomic E-state index is 13.0. The van der Waals surface area contributed by atoms with Gasteiger partial charge in [0, 0.05) is 9.35 Å². The van der Waals surface area contributed by atoms with Crippen molar-refractivity contribution in [3.63, 3.8) is 0 Å². The predicted molar refractivity (Wildman–Crippen MR) is 91.8 cm³/mol. The van der Waals surface area contributed by atoms with Crippen LogP contribution in [0.5, 0.6) is 0 Å². The molecule has 22 heavy (non-hydrogen) atoms. The first-order valence-corrected chi connectivity index (χ1v) is 8.16. The lowest BCUT2D eigenvalue weighted by atomic mass is 10.2. The van der Waals surface area contributed by atoms with E-state index in [1.807, 2.05) is 30.3 Å². The van der Waals surface area contributed by atoms with Crippen LogP contribution in [0.25, 0.3) is 10.4 Å². The van der Waals surface area contributed by atoms with Gasteiger partial charge in [-0.25, -0.2) is 4.39 Å². The van der Waals surface area contributed by atoms with Crippen LogP contribution in [0.1, 0.15) is 9.67 Å². The Morgan fingerprint density at radius 2 is 1.73 bits per heavy atom. The lowest BCUT2D eigenvalue weighted by molar-refractivity contribution is 0.103. The predicted octanol–water partition coefficient (Wildman–Crippen LogP) is 5.57. The summed E-state index contributed by atoms with van der Waals surface area (Å²) in [7, 11) is 0. The molecule has 0 fully saturated rings. The Kier molecular flexibility index (Phi) is 4.36. The van der Waals surface area contributed by atoms with Gasteiger partial charge in [-0.05, 0) is 57.9 Å². The van der Waals surface area contributed by atoms with Crippen molar-refractivity contribution >= 4 is 38.9 Å². The first-order valence-electron chi connectivity index (χ1n) is 6.55. The second kappa shape index (κ2) is 6.42. The summed E-state index contributed by atoms with van der Waals surface area (Å²) in [5.74, 6) is -0.433. The van der Waals surface area contributed by atoms with E-state index in [0.717, 1.165) is 20.6 Å². The molecule has 0 bridgehead atoms. The van der Waals surface area contributed by atoms with E-state index in [4.69, 9.17) is 0 Å². The molecule has 0 spiro atoms. The third kappa shape index (κ3) is 3.26. The molecule has 5 heteroatoms. The van der Waals surface area contributed by atoms with Gasteiger partial charge in [-0.1, -0.05) is 24.3 Å². The summed E-state index contributed by atoms with van der Waals surface area (Å²) in [6.45, 7) is 0. The van der Waals surface area contributed by atoms with Crippen LogP contribution >= 0.6 is 27.3 Å². The Morgan fingerprint density at radius 1 is 1.00 bits per heavy atom. The van der Waals surface area contributed by atoms with E-state index in [1.165, 1.54) is 23.5 Å². The van der Waals surface area contributed by atoms with Crippen molar-refractivity contribution < 1.29 is 9.18 Å². The van der Waals surface area contributed by atoms with E-state index in [1.54, 1.807) is 18.2 Å². The van der Waals surface area contributed by atoms with Crippen molar-refractivity contribution in [2.75, 3.05) is 5.32 Å². The number of para-hydroxylation sites is 1. The van der Waals surface area contributed by atoms with Crippen LogP contribution < -0.4 is 5.32 Å². The topological polar surface area (TPSA) is 29.1 Å². The van der Waals surface area contributed by atoms with E-state index in [0.29, 0.717) is 4.88 Å². The molecule has 0 aliphatic rings. The Morgan fingerprint density at radius 3 is 2.45 bits per heavy atom. The van der Waals surface area contributed by atoms with Gasteiger partial charge >= 0.3 is 0 Å². The molecule has 1 N–H and O–H groups in total. The van der Waals surface area contributed by atoms with E-state index in [-0.39, 0.29) is 11.7 Å². The number of nitrogens with one attached hydrogen (secondary N) is 1. The van der Waals surface area contributed by atoms with Crippen molar-refractivity contribution in [2.24, 2.45) is 0 Å². The molecule has 3 rings (SSSR count). The van der Waals surface area contributed by atoms with Gasteiger partial charge in [0.25, 0.3) is 5.91 Å². The number of carbonyl (C=O) groups is 1. The van der Waals surface area contributed by atoms with Gasteiger partial charge < -0.3 is 5.32 Å². The normalized spacial score (nSPS) is 10.5. The fourth-order valence-corrected chi connectivity index (χ4v) is 3.27. The third-order valence-corrected chi connectivity index (χ3v) is 4.91. The average Bonchev–Trinajstić information content (AvgIpc) is 3.00. The highest BCUT2D eigenvalue weighted by Crippen LogP contribution is 2.29. The number of thiophene rings is 1. The molecule has 2 nitrogen and oxygen atoms in total. The molecule has 110 valence electrons. The van der Waals surface area contributed by atoms with Crippen molar-refractivity contribution in [2.45, 2.75) is 0 Å². The minimum Gasteiger partial charge on any atom is -0.320 e. The quantitative estimate of drug-likeness (QED) is 0.636. The smallest absolute Gasteiger partial charge is 0.265 e. The molecule has 0 aliphatic heterocycles. The largest absolute Gasteiger partial charge is 0.320 e.